The van der Waals surface area contributed by atoms with Gasteiger partial charge in [0.25, 0.3) is 10.1 Å². The van der Waals surface area contributed by atoms with Crippen molar-refractivity contribution in [2.75, 3.05) is 38.0 Å². The van der Waals surface area contributed by atoms with Crippen molar-refractivity contribution in [1.29, 1.82) is 0 Å². The van der Waals surface area contributed by atoms with Crippen LogP contribution in [-0.4, -0.2) is 59.5 Å². The van der Waals surface area contributed by atoms with E-state index in [0.717, 1.165) is 13.4 Å². The Kier molecular flexibility index (Phi) is 6.76. The second kappa shape index (κ2) is 9.10. The van der Waals surface area contributed by atoms with Gasteiger partial charge in [0.15, 0.2) is 0 Å². The molecule has 1 atom stereocenters. The summed E-state index contributed by atoms with van der Waals surface area (Å²) in [5.41, 5.74) is 0.558. The van der Waals surface area contributed by atoms with Gasteiger partial charge in [-0.2, -0.15) is 8.42 Å². The summed E-state index contributed by atoms with van der Waals surface area (Å²) in [5, 5.41) is 0. The maximum Gasteiger partial charge on any atom is 0.341 e. The highest BCUT2D eigenvalue weighted by Gasteiger charge is 2.35. The Morgan fingerprint density at radius 2 is 2.00 bits per heavy atom. The van der Waals surface area contributed by atoms with Crippen LogP contribution in [0.15, 0.2) is 18.2 Å². The Labute approximate surface area is 170 Å². The fourth-order valence-corrected chi connectivity index (χ4v) is 4.02. The first-order valence-electron chi connectivity index (χ1n) is 9.44. The summed E-state index contributed by atoms with van der Waals surface area (Å²) in [7, 11) is -2.84. The number of nitrogens with zero attached hydrogens (tertiary/aromatic N) is 1. The molecule has 0 radical (unpaired) electrons. The molecule has 1 aromatic rings. The summed E-state index contributed by atoms with van der Waals surface area (Å²) in [4.78, 5) is 26.4. The number of amides is 1. The molecule has 0 aromatic heterocycles. The topological polar surface area (TPSA) is 108 Å². The highest BCUT2D eigenvalue weighted by Crippen LogP contribution is 2.41. The smallest absolute Gasteiger partial charge is 0.341 e. The van der Waals surface area contributed by atoms with Crippen LogP contribution in [0, 0.1) is 0 Å². The Hall–Kier alpha value is -2.17. The quantitative estimate of drug-likeness (QED) is 0.476. The van der Waals surface area contributed by atoms with E-state index in [0.29, 0.717) is 56.9 Å². The second-order valence-electron chi connectivity index (χ2n) is 6.98. The van der Waals surface area contributed by atoms with Crippen LogP contribution in [0.2, 0.25) is 0 Å². The zero-order valence-electron chi connectivity index (χ0n) is 16.5. The molecule has 0 N–H and O–H groups in total. The maximum absolute atomic E-state index is 12.5. The van der Waals surface area contributed by atoms with Crippen molar-refractivity contribution in [2.45, 2.75) is 37.9 Å². The number of methoxy groups -OCH3 is 1. The minimum absolute atomic E-state index is 0.108. The lowest BCUT2D eigenvalue weighted by Crippen LogP contribution is -2.31. The van der Waals surface area contributed by atoms with Crippen LogP contribution in [0.1, 0.15) is 37.4 Å². The molecule has 0 aliphatic carbocycles. The van der Waals surface area contributed by atoms with Gasteiger partial charge in [-0.15, -0.1) is 0 Å². The van der Waals surface area contributed by atoms with E-state index in [4.69, 9.17) is 18.4 Å². The van der Waals surface area contributed by atoms with Gasteiger partial charge in [0.1, 0.15) is 11.9 Å². The van der Waals surface area contributed by atoms with E-state index >= 15 is 0 Å². The number of carbonyl (C=O) groups excluding carboxylic acids is 2. The molecule has 2 saturated heterocycles. The predicted molar refractivity (Wildman–Crippen MR) is 103 cm³/mol. The van der Waals surface area contributed by atoms with Gasteiger partial charge in [0.2, 0.25) is 12.0 Å². The third-order valence-electron chi connectivity index (χ3n) is 4.80. The first-order chi connectivity index (χ1) is 13.8. The van der Waals surface area contributed by atoms with Crippen LogP contribution in [0.3, 0.4) is 0 Å². The first-order valence-corrected chi connectivity index (χ1v) is 11.3. The largest absolute Gasteiger partial charge is 0.488 e. The van der Waals surface area contributed by atoms with Gasteiger partial charge < -0.3 is 19.1 Å². The van der Waals surface area contributed by atoms with E-state index in [-0.39, 0.29) is 17.6 Å². The highest BCUT2D eigenvalue weighted by molar-refractivity contribution is 7.86. The van der Waals surface area contributed by atoms with Crippen LogP contribution in [0.4, 0.5) is 5.69 Å². The molecule has 2 aliphatic rings. The Balaban J connectivity index is 2.07. The van der Waals surface area contributed by atoms with Crippen LogP contribution in [0.25, 0.3) is 0 Å². The molecule has 0 bridgehead atoms. The van der Waals surface area contributed by atoms with Crippen LogP contribution >= 0.6 is 0 Å². The van der Waals surface area contributed by atoms with Crippen molar-refractivity contribution < 1.29 is 36.4 Å². The van der Waals surface area contributed by atoms with Crippen molar-refractivity contribution >= 4 is 27.7 Å². The minimum atomic E-state index is -3.98. The number of para-hydroxylation sites is 1. The molecule has 0 spiro atoms. The molecule has 2 aliphatic heterocycles. The van der Waals surface area contributed by atoms with E-state index < -0.39 is 22.2 Å². The fourth-order valence-electron chi connectivity index (χ4n) is 3.49. The van der Waals surface area contributed by atoms with Crippen LogP contribution in [0.5, 0.6) is 5.75 Å². The van der Waals surface area contributed by atoms with Gasteiger partial charge in [0, 0.05) is 31.4 Å². The van der Waals surface area contributed by atoms with Gasteiger partial charge in [-0.25, -0.2) is 8.98 Å². The number of hydrogen-bond acceptors (Lipinski definition) is 8. The zero-order chi connectivity index (χ0) is 21.0. The number of anilines is 1. The van der Waals surface area contributed by atoms with Crippen molar-refractivity contribution in [1.82, 2.24) is 0 Å². The zero-order valence-corrected chi connectivity index (χ0v) is 17.3. The summed E-state index contributed by atoms with van der Waals surface area (Å²) < 4.78 is 44.9. The molecule has 10 heteroatoms. The Morgan fingerprint density at radius 3 is 2.59 bits per heavy atom. The number of ether oxygens (including phenoxy) is 3. The first kappa shape index (κ1) is 21.5. The summed E-state index contributed by atoms with van der Waals surface area (Å²) in [6, 6.07) is 4.88. The molecule has 29 heavy (non-hydrogen) atoms. The normalized spacial score (nSPS) is 19.2. The van der Waals surface area contributed by atoms with Crippen molar-refractivity contribution in [3.63, 3.8) is 0 Å². The predicted octanol–water partition coefficient (Wildman–Crippen LogP) is 1.56. The monoisotopic (exact) mass is 427 g/mol. The van der Waals surface area contributed by atoms with Gasteiger partial charge >= 0.3 is 5.97 Å². The Morgan fingerprint density at radius 1 is 1.28 bits per heavy atom. The lowest BCUT2D eigenvalue weighted by atomic mass is 10.0. The summed E-state index contributed by atoms with van der Waals surface area (Å²) in [6.07, 6.45) is 1.60. The third kappa shape index (κ3) is 5.26. The highest BCUT2D eigenvalue weighted by atomic mass is 32.2. The van der Waals surface area contributed by atoms with Crippen molar-refractivity contribution in [3.05, 3.63) is 23.8 Å². The van der Waals surface area contributed by atoms with E-state index in [1.54, 1.807) is 18.2 Å². The standard InChI is InChI=1S/C19H25NO8S/c1-25-19(22)18(28-29(2,23)24)14-5-3-6-15(27-13-8-11-26-12-9-13)17(14)20-10-4-7-16(20)21/h3,5-6,13,18H,4,7-12H2,1-2H3. The molecule has 2 heterocycles. The molecule has 1 aromatic carbocycles. The number of hydrogen-bond donors (Lipinski definition) is 0. The fraction of sp³-hybridized carbons (Fsp3) is 0.579. The number of carbonyl (C=O) groups is 2. The molecule has 1 unspecified atom stereocenters. The minimum Gasteiger partial charge on any atom is -0.488 e. The Bertz CT molecular complexity index is 863. The van der Waals surface area contributed by atoms with E-state index in [2.05, 4.69) is 0 Å². The van der Waals surface area contributed by atoms with Crippen LogP contribution in [-0.2, 0) is 33.4 Å². The summed E-state index contributed by atoms with van der Waals surface area (Å²) in [6.45, 7) is 1.58. The van der Waals surface area contributed by atoms with Crippen LogP contribution < -0.4 is 9.64 Å². The van der Waals surface area contributed by atoms with E-state index in [1.807, 2.05) is 0 Å². The van der Waals surface area contributed by atoms with Gasteiger partial charge in [-0.3, -0.25) is 4.79 Å². The molecule has 2 fully saturated rings. The molecule has 9 nitrogen and oxygen atoms in total. The number of rotatable bonds is 7. The van der Waals surface area contributed by atoms with E-state index in [9.17, 15) is 18.0 Å². The molecule has 3 rings (SSSR count). The SMILES string of the molecule is COC(=O)C(OS(C)(=O)=O)c1cccc(OC2CCOCC2)c1N1CCCC1=O. The lowest BCUT2D eigenvalue weighted by Gasteiger charge is -2.29. The van der Waals surface area contributed by atoms with Crippen molar-refractivity contribution in [2.24, 2.45) is 0 Å². The second-order valence-corrected chi connectivity index (χ2v) is 8.58. The number of esters is 1. The number of benzene rings is 1. The van der Waals surface area contributed by atoms with Gasteiger partial charge in [-0.05, 0) is 12.5 Å². The lowest BCUT2D eigenvalue weighted by molar-refractivity contribution is -0.149. The average Bonchev–Trinajstić information content (AvgIpc) is 3.11. The summed E-state index contributed by atoms with van der Waals surface area (Å²) >= 11 is 0. The molecular weight excluding hydrogens is 402 g/mol. The van der Waals surface area contributed by atoms with Crippen molar-refractivity contribution in [3.8, 4) is 5.75 Å². The maximum atomic E-state index is 12.5. The summed E-state index contributed by atoms with van der Waals surface area (Å²) in [5.74, 6) is -0.612. The van der Waals surface area contributed by atoms with Gasteiger partial charge in [-0.1, -0.05) is 12.1 Å². The molecule has 160 valence electrons. The van der Waals surface area contributed by atoms with E-state index in [1.165, 1.54) is 4.90 Å². The molecular formula is C19H25NO8S. The molecule has 1 amide bonds. The average molecular weight is 427 g/mol. The molecule has 0 saturated carbocycles. The third-order valence-corrected chi connectivity index (χ3v) is 5.35. The van der Waals surface area contributed by atoms with Gasteiger partial charge in [0.05, 0.1) is 32.3 Å².